The highest BCUT2D eigenvalue weighted by molar-refractivity contribution is 9.10. The molecule has 112 valence electrons. The van der Waals surface area contributed by atoms with Gasteiger partial charge in [0.05, 0.1) is 5.56 Å². The van der Waals surface area contributed by atoms with E-state index in [9.17, 15) is 13.2 Å². The molecule has 1 nitrogen and oxygen atoms in total. The minimum atomic E-state index is -4.33. The first-order valence-corrected chi connectivity index (χ1v) is 7.24. The van der Waals surface area contributed by atoms with E-state index in [2.05, 4.69) is 15.9 Å². The Labute approximate surface area is 130 Å². The highest BCUT2D eigenvalue weighted by Gasteiger charge is 2.30. The van der Waals surface area contributed by atoms with Crippen LogP contribution in [0.5, 0.6) is 0 Å². The summed E-state index contributed by atoms with van der Waals surface area (Å²) >= 11 is 3.38. The molecule has 2 rings (SSSR count). The maximum Gasteiger partial charge on any atom is 0.416 e. The molecule has 0 heterocycles. The molecule has 0 aliphatic heterocycles. The molecule has 2 aromatic carbocycles. The maximum atomic E-state index is 12.7. The third-order valence-electron chi connectivity index (χ3n) is 3.35. The maximum absolute atomic E-state index is 12.7. The third kappa shape index (κ3) is 4.08. The lowest BCUT2D eigenvalue weighted by Gasteiger charge is -2.16. The van der Waals surface area contributed by atoms with E-state index in [-0.39, 0.29) is 6.04 Å². The van der Waals surface area contributed by atoms with Gasteiger partial charge in [-0.3, -0.25) is 0 Å². The summed E-state index contributed by atoms with van der Waals surface area (Å²) in [4.78, 5) is 0. The van der Waals surface area contributed by atoms with E-state index in [1.165, 1.54) is 6.07 Å². The number of rotatable bonds is 3. The van der Waals surface area contributed by atoms with Crippen molar-refractivity contribution >= 4 is 15.9 Å². The fourth-order valence-corrected chi connectivity index (χ4v) is 2.63. The van der Waals surface area contributed by atoms with Crippen LogP contribution in [0.2, 0.25) is 0 Å². The highest BCUT2D eigenvalue weighted by Crippen LogP contribution is 2.30. The van der Waals surface area contributed by atoms with Crippen LogP contribution in [0.4, 0.5) is 13.2 Å². The fraction of sp³-hybridized carbons (Fsp3) is 0.250. The molecule has 0 saturated carbocycles. The van der Waals surface area contributed by atoms with Crippen molar-refractivity contribution in [2.45, 2.75) is 25.6 Å². The number of nitrogens with two attached hydrogens (primary N) is 1. The van der Waals surface area contributed by atoms with Gasteiger partial charge in [-0.2, -0.15) is 13.2 Å². The van der Waals surface area contributed by atoms with Crippen molar-refractivity contribution in [3.05, 3.63) is 69.2 Å². The zero-order valence-electron chi connectivity index (χ0n) is 11.4. The van der Waals surface area contributed by atoms with Crippen molar-refractivity contribution in [2.24, 2.45) is 5.73 Å². The highest BCUT2D eigenvalue weighted by atomic mass is 79.9. The third-order valence-corrected chi connectivity index (χ3v) is 3.84. The molecule has 0 saturated heterocycles. The van der Waals surface area contributed by atoms with E-state index in [1.54, 1.807) is 6.07 Å². The molecule has 0 aliphatic carbocycles. The van der Waals surface area contributed by atoms with E-state index in [4.69, 9.17) is 5.73 Å². The Balaban J connectivity index is 2.23. The predicted octanol–water partition coefficient (Wildman–Crippen LogP) is 5.02. The van der Waals surface area contributed by atoms with Crippen molar-refractivity contribution in [3.8, 4) is 0 Å². The second-order valence-electron chi connectivity index (χ2n) is 5.01. The van der Waals surface area contributed by atoms with Crippen molar-refractivity contribution in [3.63, 3.8) is 0 Å². The predicted molar refractivity (Wildman–Crippen MR) is 81.0 cm³/mol. The van der Waals surface area contributed by atoms with E-state index >= 15 is 0 Å². The molecule has 0 radical (unpaired) electrons. The van der Waals surface area contributed by atoms with Gasteiger partial charge in [0.15, 0.2) is 0 Å². The quantitative estimate of drug-likeness (QED) is 0.819. The standard InChI is InChI=1S/C16H15BrF3N/c1-10-5-6-13(17)9-14(10)15(21)8-11-3-2-4-12(7-11)16(18,19)20/h2-7,9,15H,8,21H2,1H3. The van der Waals surface area contributed by atoms with Gasteiger partial charge in [-0.1, -0.05) is 40.2 Å². The normalized spacial score (nSPS) is 13.2. The molecule has 0 bridgehead atoms. The van der Waals surface area contributed by atoms with Gasteiger partial charge < -0.3 is 5.73 Å². The summed E-state index contributed by atoms with van der Waals surface area (Å²) < 4.78 is 39.0. The smallest absolute Gasteiger partial charge is 0.324 e. The molecule has 1 atom stereocenters. The summed E-state index contributed by atoms with van der Waals surface area (Å²) in [6.07, 6.45) is -3.97. The van der Waals surface area contributed by atoms with Crippen molar-refractivity contribution < 1.29 is 13.2 Å². The summed E-state index contributed by atoms with van der Waals surface area (Å²) in [5.41, 5.74) is 8.05. The van der Waals surface area contributed by atoms with Gasteiger partial charge >= 0.3 is 6.18 Å². The minimum Gasteiger partial charge on any atom is -0.324 e. The lowest BCUT2D eigenvalue weighted by Crippen LogP contribution is -2.15. The number of hydrogen-bond donors (Lipinski definition) is 1. The lowest BCUT2D eigenvalue weighted by molar-refractivity contribution is -0.137. The fourth-order valence-electron chi connectivity index (χ4n) is 2.25. The molecule has 21 heavy (non-hydrogen) atoms. The summed E-state index contributed by atoms with van der Waals surface area (Å²) in [6.45, 7) is 1.94. The van der Waals surface area contributed by atoms with Gasteiger partial charge in [0.2, 0.25) is 0 Å². The molecule has 0 amide bonds. The lowest BCUT2D eigenvalue weighted by atomic mass is 9.95. The number of halogens is 4. The number of alkyl halides is 3. The second kappa shape index (κ2) is 6.20. The number of hydrogen-bond acceptors (Lipinski definition) is 1. The second-order valence-corrected chi connectivity index (χ2v) is 5.93. The van der Waals surface area contributed by atoms with Crippen LogP contribution < -0.4 is 5.73 Å². The van der Waals surface area contributed by atoms with Crippen LogP contribution >= 0.6 is 15.9 Å². The zero-order valence-corrected chi connectivity index (χ0v) is 13.0. The van der Waals surface area contributed by atoms with Crippen LogP contribution in [0.25, 0.3) is 0 Å². The monoisotopic (exact) mass is 357 g/mol. The molecule has 0 fully saturated rings. The van der Waals surface area contributed by atoms with Gasteiger partial charge in [-0.15, -0.1) is 0 Å². The van der Waals surface area contributed by atoms with Crippen LogP contribution in [0.1, 0.15) is 28.3 Å². The largest absolute Gasteiger partial charge is 0.416 e. The molecule has 5 heteroatoms. The number of benzene rings is 2. The van der Waals surface area contributed by atoms with Crippen LogP contribution in [0.15, 0.2) is 46.9 Å². The van der Waals surface area contributed by atoms with Crippen LogP contribution in [0.3, 0.4) is 0 Å². The van der Waals surface area contributed by atoms with E-state index in [0.717, 1.165) is 27.7 Å². The van der Waals surface area contributed by atoms with Crippen molar-refractivity contribution in [1.82, 2.24) is 0 Å². The Bertz CT molecular complexity index is 638. The molecule has 0 spiro atoms. The molecule has 2 aromatic rings. The molecule has 2 N–H and O–H groups in total. The molecule has 1 unspecified atom stereocenters. The Morgan fingerprint density at radius 3 is 2.52 bits per heavy atom. The number of aryl methyl sites for hydroxylation is 1. The summed E-state index contributed by atoms with van der Waals surface area (Å²) in [5.74, 6) is 0. The molecule has 0 aliphatic rings. The molecule has 0 aromatic heterocycles. The Kier molecular flexibility index (Phi) is 4.74. The summed E-state index contributed by atoms with van der Waals surface area (Å²) in [6, 6.07) is 10.7. The van der Waals surface area contributed by atoms with Crippen molar-refractivity contribution in [2.75, 3.05) is 0 Å². The molecular formula is C16H15BrF3N. The summed E-state index contributed by atoms with van der Waals surface area (Å²) in [5, 5.41) is 0. The van der Waals surface area contributed by atoms with Crippen LogP contribution in [-0.4, -0.2) is 0 Å². The average Bonchev–Trinajstić information content (AvgIpc) is 2.41. The van der Waals surface area contributed by atoms with E-state index in [1.807, 2.05) is 25.1 Å². The van der Waals surface area contributed by atoms with Gasteiger partial charge in [-0.05, 0) is 48.2 Å². The first-order valence-electron chi connectivity index (χ1n) is 6.45. The minimum absolute atomic E-state index is 0.342. The Morgan fingerprint density at radius 1 is 1.14 bits per heavy atom. The molecular weight excluding hydrogens is 343 g/mol. The van der Waals surface area contributed by atoms with Gasteiger partial charge in [0.25, 0.3) is 0 Å². The SMILES string of the molecule is Cc1ccc(Br)cc1C(N)Cc1cccc(C(F)(F)F)c1. The zero-order chi connectivity index (χ0) is 15.6. The Morgan fingerprint density at radius 2 is 1.86 bits per heavy atom. The topological polar surface area (TPSA) is 26.0 Å². The summed E-state index contributed by atoms with van der Waals surface area (Å²) in [7, 11) is 0. The van der Waals surface area contributed by atoms with Gasteiger partial charge in [0, 0.05) is 10.5 Å². The van der Waals surface area contributed by atoms with Crippen molar-refractivity contribution in [1.29, 1.82) is 0 Å². The average molecular weight is 358 g/mol. The first-order chi connectivity index (χ1) is 9.77. The van der Waals surface area contributed by atoms with Crippen LogP contribution in [0, 0.1) is 6.92 Å². The van der Waals surface area contributed by atoms with E-state index in [0.29, 0.717) is 12.0 Å². The first kappa shape index (κ1) is 16.0. The van der Waals surface area contributed by atoms with Gasteiger partial charge in [0.1, 0.15) is 0 Å². The van der Waals surface area contributed by atoms with Gasteiger partial charge in [-0.25, -0.2) is 0 Å². The van der Waals surface area contributed by atoms with E-state index < -0.39 is 11.7 Å². The van der Waals surface area contributed by atoms with Crippen LogP contribution in [-0.2, 0) is 12.6 Å². The Hall–Kier alpha value is -1.33.